The Labute approximate surface area is 102 Å². The zero-order chi connectivity index (χ0) is 12.4. The third-order valence-corrected chi connectivity index (χ3v) is 3.05. The highest BCUT2D eigenvalue weighted by molar-refractivity contribution is 5.65. The van der Waals surface area contributed by atoms with Crippen molar-refractivity contribution in [1.29, 1.82) is 0 Å². The first-order valence-corrected chi connectivity index (χ1v) is 5.88. The van der Waals surface area contributed by atoms with Gasteiger partial charge in [0, 0.05) is 17.8 Å². The van der Waals surface area contributed by atoms with Gasteiger partial charge in [-0.1, -0.05) is 18.2 Å². The van der Waals surface area contributed by atoms with Crippen LogP contribution in [0, 0.1) is 6.92 Å². The van der Waals surface area contributed by atoms with Crippen molar-refractivity contribution in [3.8, 4) is 11.3 Å². The summed E-state index contributed by atoms with van der Waals surface area (Å²) < 4.78 is 2.00. The molecule has 0 aliphatic heterocycles. The third kappa shape index (κ3) is 2.11. The Bertz CT molecular complexity index is 515. The first kappa shape index (κ1) is 11.9. The summed E-state index contributed by atoms with van der Waals surface area (Å²) in [6.07, 6.45) is 1.82. The standard InChI is InChI=1S/C14H18N2O/c1-10(2)16-14(7-8-15-16)13-6-4-5-12(9-17)11(13)3/h4-8,10,17H,9H2,1-3H3. The molecule has 3 heteroatoms. The number of nitrogens with zero attached hydrogens (tertiary/aromatic N) is 2. The van der Waals surface area contributed by atoms with Gasteiger partial charge in [0.05, 0.1) is 12.3 Å². The van der Waals surface area contributed by atoms with Crippen molar-refractivity contribution in [3.63, 3.8) is 0 Å². The number of hydrogen-bond donors (Lipinski definition) is 1. The molecule has 17 heavy (non-hydrogen) atoms. The van der Waals surface area contributed by atoms with Crippen LogP contribution in [0.2, 0.25) is 0 Å². The monoisotopic (exact) mass is 230 g/mol. The summed E-state index contributed by atoms with van der Waals surface area (Å²) in [5.41, 5.74) is 4.34. The zero-order valence-corrected chi connectivity index (χ0v) is 10.5. The van der Waals surface area contributed by atoms with Gasteiger partial charge in [0.1, 0.15) is 0 Å². The zero-order valence-electron chi connectivity index (χ0n) is 10.5. The van der Waals surface area contributed by atoms with E-state index in [1.807, 2.05) is 36.0 Å². The molecular formula is C14H18N2O. The van der Waals surface area contributed by atoms with Crippen molar-refractivity contribution in [1.82, 2.24) is 9.78 Å². The van der Waals surface area contributed by atoms with E-state index in [0.29, 0.717) is 6.04 Å². The highest BCUT2D eigenvalue weighted by Gasteiger charge is 2.11. The maximum atomic E-state index is 9.30. The maximum absolute atomic E-state index is 9.30. The molecule has 0 unspecified atom stereocenters. The predicted molar refractivity (Wildman–Crippen MR) is 68.7 cm³/mol. The molecular weight excluding hydrogens is 212 g/mol. The second-order valence-corrected chi connectivity index (χ2v) is 4.50. The van der Waals surface area contributed by atoms with E-state index in [2.05, 4.69) is 25.0 Å². The van der Waals surface area contributed by atoms with E-state index in [1.54, 1.807) is 0 Å². The minimum atomic E-state index is 0.0789. The summed E-state index contributed by atoms with van der Waals surface area (Å²) in [7, 11) is 0. The van der Waals surface area contributed by atoms with Gasteiger partial charge in [0.2, 0.25) is 0 Å². The molecule has 90 valence electrons. The van der Waals surface area contributed by atoms with Crippen LogP contribution in [0.3, 0.4) is 0 Å². The van der Waals surface area contributed by atoms with Gasteiger partial charge in [-0.25, -0.2) is 0 Å². The van der Waals surface area contributed by atoms with Crippen LogP contribution in [-0.4, -0.2) is 14.9 Å². The van der Waals surface area contributed by atoms with Crippen LogP contribution >= 0.6 is 0 Å². The minimum Gasteiger partial charge on any atom is -0.392 e. The predicted octanol–water partition coefficient (Wildman–Crippen LogP) is 2.93. The lowest BCUT2D eigenvalue weighted by Gasteiger charge is -2.14. The van der Waals surface area contributed by atoms with Crippen LogP contribution in [-0.2, 0) is 6.61 Å². The van der Waals surface area contributed by atoms with Crippen LogP contribution in [0.25, 0.3) is 11.3 Å². The SMILES string of the molecule is Cc1c(CO)cccc1-c1ccnn1C(C)C. The normalized spacial score (nSPS) is 11.1. The van der Waals surface area contributed by atoms with Crippen molar-refractivity contribution in [3.05, 3.63) is 41.6 Å². The van der Waals surface area contributed by atoms with Crippen LogP contribution < -0.4 is 0 Å². The summed E-state index contributed by atoms with van der Waals surface area (Å²) >= 11 is 0. The average molecular weight is 230 g/mol. The van der Waals surface area contributed by atoms with Gasteiger partial charge in [-0.15, -0.1) is 0 Å². The molecule has 0 saturated heterocycles. The second kappa shape index (κ2) is 4.72. The van der Waals surface area contributed by atoms with Crippen LogP contribution in [0.15, 0.2) is 30.5 Å². The van der Waals surface area contributed by atoms with E-state index >= 15 is 0 Å². The van der Waals surface area contributed by atoms with Crippen LogP contribution in [0.4, 0.5) is 0 Å². The van der Waals surface area contributed by atoms with Crippen molar-refractivity contribution in [2.24, 2.45) is 0 Å². The molecule has 1 aromatic carbocycles. The minimum absolute atomic E-state index is 0.0789. The number of aromatic nitrogens is 2. The molecule has 1 N–H and O–H groups in total. The van der Waals surface area contributed by atoms with E-state index < -0.39 is 0 Å². The molecule has 1 aromatic heterocycles. The van der Waals surface area contributed by atoms with Gasteiger partial charge in [-0.05, 0) is 38.0 Å². The molecule has 0 bridgehead atoms. The fourth-order valence-electron chi connectivity index (χ4n) is 2.07. The van der Waals surface area contributed by atoms with Crippen molar-refractivity contribution in [2.45, 2.75) is 33.4 Å². The van der Waals surface area contributed by atoms with Gasteiger partial charge in [-0.3, -0.25) is 4.68 Å². The number of aliphatic hydroxyl groups excluding tert-OH is 1. The Kier molecular flexibility index (Phi) is 3.29. The first-order chi connectivity index (χ1) is 8.15. The number of hydrogen-bond acceptors (Lipinski definition) is 2. The summed E-state index contributed by atoms with van der Waals surface area (Å²) in [5, 5.41) is 13.6. The maximum Gasteiger partial charge on any atom is 0.0688 e. The Morgan fingerprint density at radius 1 is 1.29 bits per heavy atom. The van der Waals surface area contributed by atoms with Gasteiger partial charge in [0.15, 0.2) is 0 Å². The van der Waals surface area contributed by atoms with E-state index in [0.717, 1.165) is 22.4 Å². The lowest BCUT2D eigenvalue weighted by molar-refractivity contribution is 0.281. The summed E-state index contributed by atoms with van der Waals surface area (Å²) in [4.78, 5) is 0. The molecule has 0 aliphatic rings. The molecule has 0 aliphatic carbocycles. The molecule has 0 atom stereocenters. The second-order valence-electron chi connectivity index (χ2n) is 4.50. The van der Waals surface area contributed by atoms with Crippen LogP contribution in [0.1, 0.15) is 31.0 Å². The highest BCUT2D eigenvalue weighted by Crippen LogP contribution is 2.27. The molecule has 0 saturated carbocycles. The average Bonchev–Trinajstić information content (AvgIpc) is 2.78. The van der Waals surface area contributed by atoms with Crippen LogP contribution in [0.5, 0.6) is 0 Å². The number of benzene rings is 1. The van der Waals surface area contributed by atoms with Gasteiger partial charge in [-0.2, -0.15) is 5.10 Å². The molecule has 2 aromatic rings. The summed E-state index contributed by atoms with van der Waals surface area (Å²) in [6, 6.07) is 8.35. The Balaban J connectivity index is 2.57. The number of rotatable bonds is 3. The fourth-order valence-corrected chi connectivity index (χ4v) is 2.07. The van der Waals surface area contributed by atoms with E-state index in [1.165, 1.54) is 0 Å². The van der Waals surface area contributed by atoms with E-state index in [9.17, 15) is 5.11 Å². The van der Waals surface area contributed by atoms with Crippen molar-refractivity contribution >= 4 is 0 Å². The molecule has 0 radical (unpaired) electrons. The molecule has 0 fully saturated rings. The molecule has 1 heterocycles. The summed E-state index contributed by atoms with van der Waals surface area (Å²) in [5.74, 6) is 0. The molecule has 0 spiro atoms. The Hall–Kier alpha value is -1.61. The van der Waals surface area contributed by atoms with Gasteiger partial charge < -0.3 is 5.11 Å². The van der Waals surface area contributed by atoms with E-state index in [-0.39, 0.29) is 6.61 Å². The fraction of sp³-hybridized carbons (Fsp3) is 0.357. The quantitative estimate of drug-likeness (QED) is 0.880. The first-order valence-electron chi connectivity index (χ1n) is 5.88. The topological polar surface area (TPSA) is 38.1 Å². The molecule has 3 nitrogen and oxygen atoms in total. The smallest absolute Gasteiger partial charge is 0.0688 e. The Morgan fingerprint density at radius 3 is 2.71 bits per heavy atom. The van der Waals surface area contributed by atoms with Crippen molar-refractivity contribution < 1.29 is 5.11 Å². The number of aliphatic hydroxyl groups is 1. The van der Waals surface area contributed by atoms with Gasteiger partial charge >= 0.3 is 0 Å². The largest absolute Gasteiger partial charge is 0.392 e. The molecule has 2 rings (SSSR count). The van der Waals surface area contributed by atoms with E-state index in [4.69, 9.17) is 0 Å². The summed E-state index contributed by atoms with van der Waals surface area (Å²) in [6.45, 7) is 6.34. The third-order valence-electron chi connectivity index (χ3n) is 3.05. The molecule has 0 amide bonds. The van der Waals surface area contributed by atoms with Gasteiger partial charge in [0.25, 0.3) is 0 Å². The highest BCUT2D eigenvalue weighted by atomic mass is 16.3. The lowest BCUT2D eigenvalue weighted by atomic mass is 10.0. The Morgan fingerprint density at radius 2 is 2.06 bits per heavy atom. The van der Waals surface area contributed by atoms with Crippen molar-refractivity contribution in [2.75, 3.05) is 0 Å². The lowest BCUT2D eigenvalue weighted by Crippen LogP contribution is -2.05.